The van der Waals surface area contributed by atoms with Crippen LogP contribution in [0, 0.1) is 5.82 Å². The second-order valence-electron chi connectivity index (χ2n) is 10.3. The monoisotopic (exact) mass is 610 g/mol. The number of carbonyl (C=O) groups is 3. The molecular formula is C28H28ClFN8O3S. The molecule has 2 aromatic carbocycles. The van der Waals surface area contributed by atoms with Gasteiger partial charge in [0, 0.05) is 55.7 Å². The summed E-state index contributed by atoms with van der Waals surface area (Å²) in [5.74, 6) is -2.02. The molecule has 2 atom stereocenters. The largest absolute Gasteiger partial charge is 0.352 e. The van der Waals surface area contributed by atoms with Crippen LogP contribution in [-0.4, -0.2) is 88.3 Å². The lowest BCUT2D eigenvalue weighted by Crippen LogP contribution is -2.51. The molecule has 14 heteroatoms. The first kappa shape index (κ1) is 28.2. The number of amides is 3. The molecule has 1 saturated heterocycles. The van der Waals surface area contributed by atoms with Crippen molar-refractivity contribution in [2.24, 2.45) is 0 Å². The highest BCUT2D eigenvalue weighted by molar-refractivity contribution is 7.13. The SMILES string of the molecule is CNC(=O)c1nc(NC(=O)c2nsc3ccccc23)c2n1[C@H](CN1CCN(C)CC1)C(=O)N[C@H]2c1cc(F)ccc1Cl. The summed E-state index contributed by atoms with van der Waals surface area (Å²) in [6, 6.07) is 9.33. The number of hydrogen-bond acceptors (Lipinski definition) is 8. The number of benzene rings is 2. The zero-order chi connectivity index (χ0) is 29.5. The van der Waals surface area contributed by atoms with Gasteiger partial charge in [0.15, 0.2) is 5.82 Å². The number of aromatic nitrogens is 3. The summed E-state index contributed by atoms with van der Waals surface area (Å²) in [5, 5.41) is 9.26. The van der Waals surface area contributed by atoms with Gasteiger partial charge in [0.25, 0.3) is 11.8 Å². The fourth-order valence-corrected chi connectivity index (χ4v) is 6.44. The van der Waals surface area contributed by atoms with Gasteiger partial charge in [0.1, 0.15) is 17.6 Å². The van der Waals surface area contributed by atoms with Crippen molar-refractivity contribution in [2.45, 2.75) is 12.1 Å². The Hall–Kier alpha value is -3.91. The number of hydrogen-bond donors (Lipinski definition) is 3. The maximum atomic E-state index is 14.5. The summed E-state index contributed by atoms with van der Waals surface area (Å²) in [6.45, 7) is 3.44. The van der Waals surface area contributed by atoms with Gasteiger partial charge in [-0.25, -0.2) is 9.37 Å². The van der Waals surface area contributed by atoms with Crippen molar-refractivity contribution in [3.63, 3.8) is 0 Å². The van der Waals surface area contributed by atoms with Crippen molar-refractivity contribution in [3.8, 4) is 0 Å². The van der Waals surface area contributed by atoms with E-state index in [9.17, 15) is 18.8 Å². The quantitative estimate of drug-likeness (QED) is 0.307. The summed E-state index contributed by atoms with van der Waals surface area (Å²) in [4.78, 5) is 49.4. The standard InChI is InChI=1S/C28H28ClFN8O3S/c1-31-28(41)25-33-24(34-27(40)22-16-5-3-4-6-20(16)42-35-22)23-21(17-13-15(30)7-8-18(17)29)32-26(39)19(38(23)25)14-37-11-9-36(2)10-12-37/h3-8,13,19,21H,9-12,14H2,1-2H3,(H,31,41)(H,32,39)(H,34,40)/t19-,21+/m1/s1. The van der Waals surface area contributed by atoms with Crippen LogP contribution in [0.1, 0.15) is 44.4 Å². The minimum atomic E-state index is -1.00. The number of likely N-dealkylation sites (N-methyl/N-ethyl adjacent to an activating group) is 1. The van der Waals surface area contributed by atoms with E-state index in [0.29, 0.717) is 17.6 Å². The van der Waals surface area contributed by atoms with Crippen LogP contribution in [0.2, 0.25) is 5.02 Å². The van der Waals surface area contributed by atoms with Crippen LogP contribution in [0.5, 0.6) is 0 Å². The topological polar surface area (TPSA) is 124 Å². The highest BCUT2D eigenvalue weighted by Gasteiger charge is 2.42. The van der Waals surface area contributed by atoms with Crippen LogP contribution >= 0.6 is 23.1 Å². The number of fused-ring (bicyclic) bond motifs is 2. The number of nitrogens with one attached hydrogen (secondary N) is 3. The van der Waals surface area contributed by atoms with Crippen molar-refractivity contribution in [3.05, 3.63) is 76.1 Å². The Kier molecular flexibility index (Phi) is 7.66. The Labute approximate surface area is 249 Å². The van der Waals surface area contributed by atoms with E-state index in [0.717, 1.165) is 30.9 Å². The number of halogens is 2. The maximum Gasteiger partial charge on any atom is 0.287 e. The molecule has 2 aromatic heterocycles. The van der Waals surface area contributed by atoms with Gasteiger partial charge in [-0.15, -0.1) is 0 Å². The van der Waals surface area contributed by atoms with Crippen molar-refractivity contribution in [1.29, 1.82) is 0 Å². The first-order valence-electron chi connectivity index (χ1n) is 13.4. The lowest BCUT2D eigenvalue weighted by Gasteiger charge is -2.38. The number of carbonyl (C=O) groups excluding carboxylic acids is 3. The lowest BCUT2D eigenvalue weighted by atomic mass is 9.98. The fourth-order valence-electron chi connectivity index (χ4n) is 5.44. The number of imidazole rings is 1. The zero-order valence-electron chi connectivity index (χ0n) is 22.9. The minimum Gasteiger partial charge on any atom is -0.352 e. The highest BCUT2D eigenvalue weighted by Crippen LogP contribution is 2.39. The molecule has 4 heterocycles. The summed E-state index contributed by atoms with van der Waals surface area (Å²) >= 11 is 7.71. The normalized spacial score (nSPS) is 19.4. The molecule has 6 rings (SSSR count). The molecule has 0 bridgehead atoms. The Morgan fingerprint density at radius 2 is 1.90 bits per heavy atom. The molecule has 1 fully saturated rings. The van der Waals surface area contributed by atoms with E-state index in [4.69, 9.17) is 11.6 Å². The second kappa shape index (κ2) is 11.4. The molecule has 3 N–H and O–H groups in total. The van der Waals surface area contributed by atoms with Gasteiger partial charge >= 0.3 is 0 Å². The third-order valence-electron chi connectivity index (χ3n) is 7.67. The summed E-state index contributed by atoms with van der Waals surface area (Å²) in [5.41, 5.74) is 0.781. The van der Waals surface area contributed by atoms with Gasteiger partial charge in [-0.2, -0.15) is 4.37 Å². The minimum absolute atomic E-state index is 0.0457. The molecular weight excluding hydrogens is 583 g/mol. The third-order valence-corrected chi connectivity index (χ3v) is 8.84. The van der Waals surface area contributed by atoms with Crippen LogP contribution in [0.25, 0.3) is 10.1 Å². The van der Waals surface area contributed by atoms with Crippen molar-refractivity contribution in [2.75, 3.05) is 52.1 Å². The van der Waals surface area contributed by atoms with E-state index in [1.165, 1.54) is 36.8 Å². The maximum absolute atomic E-state index is 14.5. The number of anilines is 1. The predicted molar refractivity (Wildman–Crippen MR) is 158 cm³/mol. The Bertz CT molecular complexity index is 1700. The van der Waals surface area contributed by atoms with E-state index in [1.54, 1.807) is 10.6 Å². The molecule has 3 amide bonds. The average molecular weight is 611 g/mol. The molecule has 2 aliphatic heterocycles. The molecule has 0 unspecified atom stereocenters. The highest BCUT2D eigenvalue weighted by atomic mass is 35.5. The number of rotatable bonds is 6. The first-order valence-corrected chi connectivity index (χ1v) is 14.6. The van der Waals surface area contributed by atoms with Gasteiger partial charge in [-0.05, 0) is 42.8 Å². The van der Waals surface area contributed by atoms with Crippen LogP contribution < -0.4 is 16.0 Å². The lowest BCUT2D eigenvalue weighted by molar-refractivity contribution is -0.126. The summed E-state index contributed by atoms with van der Waals surface area (Å²) < 4.78 is 21.2. The molecule has 0 spiro atoms. The van der Waals surface area contributed by atoms with E-state index in [1.807, 2.05) is 25.2 Å². The van der Waals surface area contributed by atoms with E-state index < -0.39 is 29.7 Å². The van der Waals surface area contributed by atoms with Crippen molar-refractivity contribution in [1.82, 2.24) is 34.4 Å². The summed E-state index contributed by atoms with van der Waals surface area (Å²) in [7, 11) is 3.50. The van der Waals surface area contributed by atoms with Crippen LogP contribution in [0.3, 0.4) is 0 Å². The molecule has 218 valence electrons. The van der Waals surface area contributed by atoms with Gasteiger partial charge in [-0.3, -0.25) is 19.3 Å². The Balaban J connectivity index is 1.49. The van der Waals surface area contributed by atoms with Gasteiger partial charge in [0.05, 0.1) is 16.4 Å². The van der Waals surface area contributed by atoms with E-state index >= 15 is 0 Å². The van der Waals surface area contributed by atoms with E-state index in [2.05, 4.69) is 35.1 Å². The van der Waals surface area contributed by atoms with Crippen LogP contribution in [0.15, 0.2) is 42.5 Å². The zero-order valence-corrected chi connectivity index (χ0v) is 24.4. The van der Waals surface area contributed by atoms with Crippen LogP contribution in [0.4, 0.5) is 10.2 Å². The van der Waals surface area contributed by atoms with Crippen LogP contribution in [-0.2, 0) is 4.79 Å². The number of piperazine rings is 1. The van der Waals surface area contributed by atoms with E-state index in [-0.39, 0.29) is 33.8 Å². The van der Waals surface area contributed by atoms with Crippen molar-refractivity contribution < 1.29 is 18.8 Å². The fraction of sp³-hybridized carbons (Fsp3) is 0.321. The first-order chi connectivity index (χ1) is 20.2. The predicted octanol–water partition coefficient (Wildman–Crippen LogP) is 2.90. The molecule has 0 radical (unpaired) electrons. The molecule has 2 aliphatic rings. The Morgan fingerprint density at radius 3 is 2.67 bits per heavy atom. The van der Waals surface area contributed by atoms with Gasteiger partial charge < -0.3 is 25.4 Å². The average Bonchev–Trinajstić information content (AvgIpc) is 3.58. The molecule has 11 nitrogen and oxygen atoms in total. The molecule has 4 aromatic rings. The Morgan fingerprint density at radius 1 is 1.14 bits per heavy atom. The van der Waals surface area contributed by atoms with Gasteiger partial charge in [-0.1, -0.05) is 29.8 Å². The van der Waals surface area contributed by atoms with Gasteiger partial charge in [0.2, 0.25) is 11.7 Å². The third kappa shape index (κ3) is 5.13. The molecule has 0 saturated carbocycles. The second-order valence-corrected chi connectivity index (χ2v) is 11.5. The smallest absolute Gasteiger partial charge is 0.287 e. The molecule has 42 heavy (non-hydrogen) atoms. The summed E-state index contributed by atoms with van der Waals surface area (Å²) in [6.07, 6.45) is 0. The van der Waals surface area contributed by atoms with Crippen molar-refractivity contribution >= 4 is 56.8 Å². The molecule has 0 aliphatic carbocycles. The number of nitrogens with zero attached hydrogens (tertiary/aromatic N) is 5.